The summed E-state index contributed by atoms with van der Waals surface area (Å²) in [4.78, 5) is 34.7. The molecule has 0 radical (unpaired) electrons. The smallest absolute Gasteiger partial charge is 0.252 e. The quantitative estimate of drug-likeness (QED) is 0.381. The molecule has 28 heavy (non-hydrogen) atoms. The lowest BCUT2D eigenvalue weighted by Gasteiger charge is -2.21. The lowest BCUT2D eigenvalue weighted by molar-refractivity contribution is -0.134. The zero-order valence-electron chi connectivity index (χ0n) is 16.5. The second-order valence-corrected chi connectivity index (χ2v) is 7.39. The Morgan fingerprint density at radius 1 is 1.21 bits per heavy atom. The van der Waals surface area contributed by atoms with Gasteiger partial charge in [-0.05, 0) is 31.4 Å². The number of aliphatic imine (C=N–C) groups is 1. The SMILES string of the molecule is CN=C(NCCNC(=O)c1cccnc1)NC1CCN(C(=O)C2CCCC2)C1. The molecule has 2 heterocycles. The topological polar surface area (TPSA) is 98.7 Å². The van der Waals surface area contributed by atoms with Crippen LogP contribution in [0.5, 0.6) is 0 Å². The third kappa shape index (κ3) is 5.43. The van der Waals surface area contributed by atoms with Gasteiger partial charge in [0.2, 0.25) is 5.91 Å². The van der Waals surface area contributed by atoms with Crippen LogP contribution in [0.25, 0.3) is 0 Å². The lowest BCUT2D eigenvalue weighted by atomic mass is 10.1. The Bertz CT molecular complexity index is 687. The molecule has 8 nitrogen and oxygen atoms in total. The van der Waals surface area contributed by atoms with Crippen LogP contribution in [0.15, 0.2) is 29.5 Å². The molecule has 0 bridgehead atoms. The summed E-state index contributed by atoms with van der Waals surface area (Å²) < 4.78 is 0. The molecular formula is C20H30N6O2. The van der Waals surface area contributed by atoms with Crippen molar-refractivity contribution >= 4 is 17.8 Å². The summed E-state index contributed by atoms with van der Waals surface area (Å²) in [5, 5.41) is 9.44. The van der Waals surface area contributed by atoms with Gasteiger partial charge in [-0.2, -0.15) is 0 Å². The Hall–Kier alpha value is -2.64. The Kier molecular flexibility index (Phi) is 7.22. The van der Waals surface area contributed by atoms with Gasteiger partial charge in [-0.25, -0.2) is 0 Å². The van der Waals surface area contributed by atoms with Gasteiger partial charge < -0.3 is 20.9 Å². The maximum atomic E-state index is 12.5. The zero-order valence-corrected chi connectivity index (χ0v) is 16.5. The first-order valence-electron chi connectivity index (χ1n) is 10.1. The van der Waals surface area contributed by atoms with Crippen molar-refractivity contribution in [2.24, 2.45) is 10.9 Å². The van der Waals surface area contributed by atoms with Crippen LogP contribution in [0.3, 0.4) is 0 Å². The predicted octanol–water partition coefficient (Wildman–Crippen LogP) is 0.768. The Labute approximate surface area is 166 Å². The van der Waals surface area contributed by atoms with Crippen molar-refractivity contribution in [3.8, 4) is 0 Å². The average molecular weight is 387 g/mol. The number of rotatable bonds is 6. The molecule has 0 aromatic carbocycles. The van der Waals surface area contributed by atoms with Gasteiger partial charge in [0.1, 0.15) is 0 Å². The maximum absolute atomic E-state index is 12.5. The number of amides is 2. The molecule has 1 atom stereocenters. The number of aromatic nitrogens is 1. The highest BCUT2D eigenvalue weighted by molar-refractivity contribution is 5.93. The molecule has 3 rings (SSSR count). The van der Waals surface area contributed by atoms with Crippen LogP contribution in [0.2, 0.25) is 0 Å². The van der Waals surface area contributed by atoms with Gasteiger partial charge in [-0.3, -0.25) is 19.6 Å². The number of guanidine groups is 1. The van der Waals surface area contributed by atoms with Gasteiger partial charge >= 0.3 is 0 Å². The molecule has 1 aromatic rings. The van der Waals surface area contributed by atoms with E-state index in [2.05, 4.69) is 25.9 Å². The lowest BCUT2D eigenvalue weighted by Crippen LogP contribution is -2.47. The summed E-state index contributed by atoms with van der Waals surface area (Å²) in [7, 11) is 1.72. The van der Waals surface area contributed by atoms with Crippen molar-refractivity contribution in [1.82, 2.24) is 25.8 Å². The number of likely N-dealkylation sites (tertiary alicyclic amines) is 1. The predicted molar refractivity (Wildman–Crippen MR) is 108 cm³/mol. The van der Waals surface area contributed by atoms with Gasteiger partial charge in [0.15, 0.2) is 5.96 Å². The van der Waals surface area contributed by atoms with Crippen LogP contribution in [0.4, 0.5) is 0 Å². The molecule has 2 amide bonds. The van der Waals surface area contributed by atoms with E-state index in [0.29, 0.717) is 30.5 Å². The number of carbonyl (C=O) groups excluding carboxylic acids is 2. The Balaban J connectivity index is 1.35. The van der Waals surface area contributed by atoms with Gasteiger partial charge in [-0.1, -0.05) is 12.8 Å². The first-order chi connectivity index (χ1) is 13.7. The number of carbonyl (C=O) groups is 2. The van der Waals surface area contributed by atoms with Crippen LogP contribution in [0, 0.1) is 5.92 Å². The molecule has 1 saturated carbocycles. The summed E-state index contributed by atoms with van der Waals surface area (Å²) in [5.74, 6) is 1.10. The monoisotopic (exact) mass is 386 g/mol. The molecule has 3 N–H and O–H groups in total. The van der Waals surface area contributed by atoms with Crippen molar-refractivity contribution in [3.05, 3.63) is 30.1 Å². The maximum Gasteiger partial charge on any atom is 0.252 e. The second-order valence-electron chi connectivity index (χ2n) is 7.39. The third-order valence-corrected chi connectivity index (χ3v) is 5.40. The largest absolute Gasteiger partial charge is 0.355 e. The number of hydrogen-bond acceptors (Lipinski definition) is 4. The third-order valence-electron chi connectivity index (χ3n) is 5.40. The van der Waals surface area contributed by atoms with Crippen LogP contribution in [0.1, 0.15) is 42.5 Å². The normalized spacial score (nSPS) is 20.2. The highest BCUT2D eigenvalue weighted by atomic mass is 16.2. The second kappa shape index (κ2) is 10.1. The van der Waals surface area contributed by atoms with Gasteiger partial charge in [0, 0.05) is 57.6 Å². The molecular weight excluding hydrogens is 356 g/mol. The fraction of sp³-hybridized carbons (Fsp3) is 0.600. The van der Waals surface area contributed by atoms with Crippen LogP contribution >= 0.6 is 0 Å². The number of pyridine rings is 1. The summed E-state index contributed by atoms with van der Waals surface area (Å²) in [6.45, 7) is 2.58. The molecule has 2 aliphatic rings. The van der Waals surface area contributed by atoms with Crippen molar-refractivity contribution in [3.63, 3.8) is 0 Å². The van der Waals surface area contributed by atoms with Crippen molar-refractivity contribution in [2.75, 3.05) is 33.2 Å². The van der Waals surface area contributed by atoms with Crippen molar-refractivity contribution in [2.45, 2.75) is 38.1 Å². The van der Waals surface area contributed by atoms with Crippen LogP contribution in [-0.4, -0.2) is 66.9 Å². The molecule has 1 saturated heterocycles. The molecule has 1 unspecified atom stereocenters. The van der Waals surface area contributed by atoms with E-state index in [4.69, 9.17) is 0 Å². The molecule has 1 aliphatic carbocycles. The average Bonchev–Trinajstić information content (AvgIpc) is 3.42. The fourth-order valence-electron chi connectivity index (χ4n) is 3.85. The van der Waals surface area contributed by atoms with E-state index in [-0.39, 0.29) is 17.9 Å². The molecule has 1 aliphatic heterocycles. The Morgan fingerprint density at radius 2 is 2.00 bits per heavy atom. The van der Waals surface area contributed by atoms with Gasteiger partial charge in [0.05, 0.1) is 5.56 Å². The summed E-state index contributed by atoms with van der Waals surface area (Å²) >= 11 is 0. The van der Waals surface area contributed by atoms with E-state index in [9.17, 15) is 9.59 Å². The van der Waals surface area contributed by atoms with E-state index in [1.807, 2.05) is 4.90 Å². The zero-order chi connectivity index (χ0) is 19.8. The molecule has 0 spiro atoms. The summed E-state index contributed by atoms with van der Waals surface area (Å²) in [5.41, 5.74) is 0.544. The summed E-state index contributed by atoms with van der Waals surface area (Å²) in [6.07, 6.45) is 8.56. The number of hydrogen-bond donors (Lipinski definition) is 3. The van der Waals surface area contributed by atoms with Crippen molar-refractivity contribution < 1.29 is 9.59 Å². The van der Waals surface area contributed by atoms with E-state index >= 15 is 0 Å². The Morgan fingerprint density at radius 3 is 2.71 bits per heavy atom. The minimum atomic E-state index is -0.144. The summed E-state index contributed by atoms with van der Waals surface area (Å²) in [6, 6.07) is 3.68. The molecule has 1 aromatic heterocycles. The first kappa shape index (κ1) is 20.1. The van der Waals surface area contributed by atoms with E-state index in [0.717, 1.165) is 32.4 Å². The first-order valence-corrected chi connectivity index (χ1v) is 10.1. The number of nitrogens with one attached hydrogen (secondary N) is 3. The van der Waals surface area contributed by atoms with E-state index < -0.39 is 0 Å². The van der Waals surface area contributed by atoms with Gasteiger partial charge in [0.25, 0.3) is 5.91 Å². The van der Waals surface area contributed by atoms with Gasteiger partial charge in [-0.15, -0.1) is 0 Å². The standard InChI is InChI=1S/C20H30N6O2/c1-21-20(24-11-10-23-18(27)16-7-4-9-22-13-16)25-17-8-12-26(14-17)19(28)15-5-2-3-6-15/h4,7,9,13,15,17H,2-3,5-6,8,10-12,14H2,1H3,(H,23,27)(H2,21,24,25). The van der Waals surface area contributed by atoms with Crippen LogP contribution < -0.4 is 16.0 Å². The van der Waals surface area contributed by atoms with Crippen LogP contribution in [-0.2, 0) is 4.79 Å². The number of nitrogens with zero attached hydrogens (tertiary/aromatic N) is 3. The minimum absolute atomic E-state index is 0.144. The fourth-order valence-corrected chi connectivity index (χ4v) is 3.85. The molecule has 2 fully saturated rings. The molecule has 152 valence electrons. The highest BCUT2D eigenvalue weighted by Gasteiger charge is 2.32. The van der Waals surface area contributed by atoms with Crippen molar-refractivity contribution in [1.29, 1.82) is 0 Å². The molecule has 8 heteroatoms. The van der Waals surface area contributed by atoms with E-state index in [1.54, 1.807) is 31.6 Å². The van der Waals surface area contributed by atoms with E-state index in [1.165, 1.54) is 12.8 Å². The minimum Gasteiger partial charge on any atom is -0.355 e. The highest BCUT2D eigenvalue weighted by Crippen LogP contribution is 2.27.